The Labute approximate surface area is 116 Å². The van der Waals surface area contributed by atoms with E-state index in [1.165, 1.54) is 0 Å². The third kappa shape index (κ3) is 3.12. The lowest BCUT2D eigenvalue weighted by molar-refractivity contribution is 0.102. The number of anilines is 1. The Morgan fingerprint density at radius 3 is 3.00 bits per heavy atom. The van der Waals surface area contributed by atoms with Crippen LogP contribution in [-0.2, 0) is 0 Å². The van der Waals surface area contributed by atoms with Gasteiger partial charge in [-0.25, -0.2) is 4.98 Å². The fourth-order valence-electron chi connectivity index (χ4n) is 1.68. The van der Waals surface area contributed by atoms with Gasteiger partial charge in [0.1, 0.15) is 5.56 Å². The number of amides is 1. The SMILES string of the molecule is CCOc1ncccc1C(=O)Nc1cccc(C#N)c1. The molecule has 0 spiro atoms. The van der Waals surface area contributed by atoms with E-state index in [2.05, 4.69) is 10.3 Å². The molecule has 0 radical (unpaired) electrons. The van der Waals surface area contributed by atoms with E-state index in [0.29, 0.717) is 29.3 Å². The van der Waals surface area contributed by atoms with Gasteiger partial charge in [-0.2, -0.15) is 5.26 Å². The molecule has 1 aromatic heterocycles. The monoisotopic (exact) mass is 267 g/mol. The van der Waals surface area contributed by atoms with Gasteiger partial charge >= 0.3 is 0 Å². The van der Waals surface area contributed by atoms with E-state index in [0.717, 1.165) is 0 Å². The van der Waals surface area contributed by atoms with Crippen LogP contribution in [0.1, 0.15) is 22.8 Å². The van der Waals surface area contributed by atoms with Crippen molar-refractivity contribution < 1.29 is 9.53 Å². The van der Waals surface area contributed by atoms with Crippen LogP contribution < -0.4 is 10.1 Å². The summed E-state index contributed by atoms with van der Waals surface area (Å²) in [6.07, 6.45) is 1.57. The summed E-state index contributed by atoms with van der Waals surface area (Å²) in [5.74, 6) is -0.0272. The molecule has 1 aromatic carbocycles. The Bertz CT molecular complexity index is 662. The first-order valence-corrected chi connectivity index (χ1v) is 6.14. The third-order valence-electron chi connectivity index (χ3n) is 2.55. The quantitative estimate of drug-likeness (QED) is 0.923. The maximum Gasteiger partial charge on any atom is 0.261 e. The normalized spacial score (nSPS) is 9.60. The zero-order chi connectivity index (χ0) is 14.4. The van der Waals surface area contributed by atoms with Crippen LogP contribution in [0, 0.1) is 11.3 Å². The third-order valence-corrected chi connectivity index (χ3v) is 2.55. The minimum atomic E-state index is -0.323. The number of rotatable bonds is 4. The molecule has 5 nitrogen and oxygen atoms in total. The smallest absolute Gasteiger partial charge is 0.261 e. The Morgan fingerprint density at radius 1 is 1.40 bits per heavy atom. The number of nitrogens with one attached hydrogen (secondary N) is 1. The highest BCUT2D eigenvalue weighted by Gasteiger charge is 2.13. The van der Waals surface area contributed by atoms with Gasteiger partial charge in [0.15, 0.2) is 0 Å². The van der Waals surface area contributed by atoms with Gasteiger partial charge in [-0.05, 0) is 37.3 Å². The van der Waals surface area contributed by atoms with Crippen molar-refractivity contribution in [2.45, 2.75) is 6.92 Å². The number of hydrogen-bond acceptors (Lipinski definition) is 4. The first-order chi connectivity index (χ1) is 9.74. The fourth-order valence-corrected chi connectivity index (χ4v) is 1.68. The predicted molar refractivity (Wildman–Crippen MR) is 74.5 cm³/mol. The summed E-state index contributed by atoms with van der Waals surface area (Å²) in [6.45, 7) is 2.26. The number of hydrogen-bond donors (Lipinski definition) is 1. The summed E-state index contributed by atoms with van der Waals surface area (Å²) in [5, 5.41) is 11.6. The first kappa shape index (κ1) is 13.6. The second-order valence-electron chi connectivity index (χ2n) is 3.94. The molecule has 100 valence electrons. The van der Waals surface area contributed by atoms with E-state index < -0.39 is 0 Å². The Kier molecular flexibility index (Phi) is 4.30. The van der Waals surface area contributed by atoms with E-state index in [9.17, 15) is 4.79 Å². The lowest BCUT2D eigenvalue weighted by Gasteiger charge is -2.09. The minimum Gasteiger partial charge on any atom is -0.477 e. The molecule has 2 aromatic rings. The predicted octanol–water partition coefficient (Wildman–Crippen LogP) is 2.60. The van der Waals surface area contributed by atoms with Crippen molar-refractivity contribution in [3.63, 3.8) is 0 Å². The van der Waals surface area contributed by atoms with Crippen LogP contribution in [0.3, 0.4) is 0 Å². The van der Waals surface area contributed by atoms with Gasteiger partial charge in [-0.1, -0.05) is 6.07 Å². The summed E-state index contributed by atoms with van der Waals surface area (Å²) >= 11 is 0. The lowest BCUT2D eigenvalue weighted by Crippen LogP contribution is -2.14. The van der Waals surface area contributed by atoms with Crippen LogP contribution in [0.4, 0.5) is 5.69 Å². The average Bonchev–Trinajstić information content (AvgIpc) is 2.48. The van der Waals surface area contributed by atoms with Gasteiger partial charge in [0.2, 0.25) is 5.88 Å². The number of nitriles is 1. The molecule has 0 saturated heterocycles. The highest BCUT2D eigenvalue weighted by molar-refractivity contribution is 6.05. The number of benzene rings is 1. The number of carbonyl (C=O) groups is 1. The molecule has 1 N–H and O–H groups in total. The van der Waals surface area contributed by atoms with E-state index in [1.54, 1.807) is 42.6 Å². The zero-order valence-corrected chi connectivity index (χ0v) is 11.0. The summed E-state index contributed by atoms with van der Waals surface area (Å²) in [6, 6.07) is 12.0. The highest BCUT2D eigenvalue weighted by Crippen LogP contribution is 2.17. The Balaban J connectivity index is 2.22. The van der Waals surface area contributed by atoms with Gasteiger partial charge in [0, 0.05) is 11.9 Å². The number of pyridine rings is 1. The van der Waals surface area contributed by atoms with Crippen LogP contribution in [0.15, 0.2) is 42.6 Å². The Morgan fingerprint density at radius 2 is 2.25 bits per heavy atom. The van der Waals surface area contributed by atoms with Crippen molar-refractivity contribution in [3.8, 4) is 11.9 Å². The second kappa shape index (κ2) is 6.34. The summed E-state index contributed by atoms with van der Waals surface area (Å²) < 4.78 is 5.32. The second-order valence-corrected chi connectivity index (χ2v) is 3.94. The molecule has 0 unspecified atom stereocenters. The average molecular weight is 267 g/mol. The van der Waals surface area contributed by atoms with Crippen LogP contribution in [-0.4, -0.2) is 17.5 Å². The summed E-state index contributed by atoms with van der Waals surface area (Å²) in [5.41, 5.74) is 1.40. The summed E-state index contributed by atoms with van der Waals surface area (Å²) in [4.78, 5) is 16.2. The molecule has 1 amide bonds. The maximum absolute atomic E-state index is 12.2. The number of aromatic nitrogens is 1. The van der Waals surface area contributed by atoms with Crippen molar-refractivity contribution in [2.24, 2.45) is 0 Å². The standard InChI is InChI=1S/C15H13N3O2/c1-2-20-15-13(7-4-8-17-15)14(19)18-12-6-3-5-11(9-12)10-16/h3-9H,2H2,1H3,(H,18,19). The molecule has 20 heavy (non-hydrogen) atoms. The zero-order valence-electron chi connectivity index (χ0n) is 11.0. The van der Waals surface area contributed by atoms with Gasteiger partial charge in [-0.3, -0.25) is 4.79 Å². The lowest BCUT2D eigenvalue weighted by atomic mass is 10.2. The minimum absolute atomic E-state index is 0.295. The van der Waals surface area contributed by atoms with Crippen LogP contribution in [0.2, 0.25) is 0 Å². The maximum atomic E-state index is 12.2. The van der Waals surface area contributed by atoms with Gasteiger partial charge in [0.25, 0.3) is 5.91 Å². The fraction of sp³-hybridized carbons (Fsp3) is 0.133. The van der Waals surface area contributed by atoms with Crippen LogP contribution >= 0.6 is 0 Å². The molecule has 0 aliphatic heterocycles. The molecular weight excluding hydrogens is 254 g/mol. The van der Waals surface area contributed by atoms with E-state index in [-0.39, 0.29) is 5.91 Å². The molecule has 0 bridgehead atoms. The molecule has 2 rings (SSSR count). The topological polar surface area (TPSA) is 75.0 Å². The van der Waals surface area contributed by atoms with Crippen molar-refractivity contribution in [1.82, 2.24) is 4.98 Å². The van der Waals surface area contributed by atoms with Crippen LogP contribution in [0.25, 0.3) is 0 Å². The van der Waals surface area contributed by atoms with Crippen LogP contribution in [0.5, 0.6) is 5.88 Å². The van der Waals surface area contributed by atoms with Gasteiger partial charge < -0.3 is 10.1 Å². The van der Waals surface area contributed by atoms with Crippen molar-refractivity contribution in [2.75, 3.05) is 11.9 Å². The highest BCUT2D eigenvalue weighted by atomic mass is 16.5. The largest absolute Gasteiger partial charge is 0.477 e. The van der Waals surface area contributed by atoms with E-state index >= 15 is 0 Å². The molecule has 0 atom stereocenters. The van der Waals surface area contributed by atoms with E-state index in [1.807, 2.05) is 13.0 Å². The molecule has 0 fully saturated rings. The van der Waals surface area contributed by atoms with Gasteiger partial charge in [0.05, 0.1) is 18.2 Å². The number of ether oxygens (including phenoxy) is 1. The number of carbonyl (C=O) groups excluding carboxylic acids is 1. The molecule has 0 saturated carbocycles. The molecular formula is C15H13N3O2. The molecule has 0 aliphatic rings. The molecule has 5 heteroatoms. The first-order valence-electron chi connectivity index (χ1n) is 6.14. The van der Waals surface area contributed by atoms with Crippen molar-refractivity contribution in [1.29, 1.82) is 5.26 Å². The molecule has 0 aliphatic carbocycles. The van der Waals surface area contributed by atoms with Crippen molar-refractivity contribution in [3.05, 3.63) is 53.7 Å². The number of nitrogens with zero attached hydrogens (tertiary/aromatic N) is 2. The van der Waals surface area contributed by atoms with Gasteiger partial charge in [-0.15, -0.1) is 0 Å². The summed E-state index contributed by atoms with van der Waals surface area (Å²) in [7, 11) is 0. The van der Waals surface area contributed by atoms with E-state index in [4.69, 9.17) is 10.00 Å². The van der Waals surface area contributed by atoms with Crippen molar-refractivity contribution >= 4 is 11.6 Å². The Hall–Kier alpha value is -2.87. The molecule has 1 heterocycles.